The maximum atomic E-state index is 11.4. The van der Waals surface area contributed by atoms with Gasteiger partial charge in [-0.25, -0.2) is 0 Å². The molecule has 0 aliphatic carbocycles. The second-order valence-electron chi connectivity index (χ2n) is 20.6. The van der Waals surface area contributed by atoms with Crippen LogP contribution in [0.25, 0.3) is 0 Å². The molecule has 0 rings (SSSR count). The summed E-state index contributed by atoms with van der Waals surface area (Å²) in [6.45, 7) is 50.9. The number of rotatable bonds is 0. The fourth-order valence-electron chi connectivity index (χ4n) is 4.72. The normalized spacial score (nSPS) is 13.9. The van der Waals surface area contributed by atoms with E-state index in [1.54, 1.807) is 0 Å². The average Bonchev–Trinajstić information content (AvgIpc) is 2.53. The van der Waals surface area contributed by atoms with Crippen LogP contribution in [0.15, 0.2) is 0 Å². The minimum Gasteiger partial charge on any atom is -0.392 e. The van der Waals surface area contributed by atoms with Crippen molar-refractivity contribution in [2.24, 2.45) is 43.6 Å². The van der Waals surface area contributed by atoms with Crippen LogP contribution in [0.4, 0.5) is 0 Å². The Morgan fingerprint density at radius 1 is 0.550 bits per heavy atom. The first kappa shape index (κ1) is 46.4. The SMILES string of the molecule is CC(C)(C)C(N)C(C)(C)C.CC(C)(C)C(O)C(C)(C)C.CC(C)(C)CC(C)(C)C.CC(C)(C)NC(=O)C(C)(C)C. The van der Waals surface area contributed by atoms with E-state index in [-0.39, 0.29) is 50.7 Å². The summed E-state index contributed by atoms with van der Waals surface area (Å²) in [4.78, 5) is 11.4. The van der Waals surface area contributed by atoms with Gasteiger partial charge in [-0.3, -0.25) is 4.79 Å². The highest BCUT2D eigenvalue weighted by molar-refractivity contribution is 5.81. The molecule has 40 heavy (non-hydrogen) atoms. The summed E-state index contributed by atoms with van der Waals surface area (Å²) >= 11 is 0. The third-order valence-corrected chi connectivity index (χ3v) is 5.74. The van der Waals surface area contributed by atoms with E-state index in [2.05, 4.69) is 130 Å². The molecule has 0 aromatic heterocycles. The summed E-state index contributed by atoms with van der Waals surface area (Å²) in [6, 6.07) is 0.264. The minimum absolute atomic E-state index is 0.00174. The van der Waals surface area contributed by atoms with E-state index in [4.69, 9.17) is 5.73 Å². The Morgan fingerprint density at radius 2 is 0.800 bits per heavy atom. The van der Waals surface area contributed by atoms with Crippen LogP contribution in [0, 0.1) is 37.9 Å². The summed E-state index contributed by atoms with van der Waals surface area (Å²) < 4.78 is 0. The van der Waals surface area contributed by atoms with Crippen molar-refractivity contribution in [3.63, 3.8) is 0 Å². The Hall–Kier alpha value is -0.610. The zero-order valence-corrected chi connectivity index (χ0v) is 32.3. The summed E-state index contributed by atoms with van der Waals surface area (Å²) in [6.07, 6.45) is 1.06. The van der Waals surface area contributed by atoms with Crippen LogP contribution >= 0.6 is 0 Å². The largest absolute Gasteiger partial charge is 0.392 e. The van der Waals surface area contributed by atoms with Gasteiger partial charge in [0.05, 0.1) is 6.10 Å². The third-order valence-electron chi connectivity index (χ3n) is 5.74. The molecule has 4 heteroatoms. The van der Waals surface area contributed by atoms with Gasteiger partial charge in [0.2, 0.25) is 5.91 Å². The molecule has 0 saturated carbocycles. The monoisotopic (exact) mass is 573 g/mol. The van der Waals surface area contributed by atoms with Gasteiger partial charge in [0.25, 0.3) is 0 Å². The lowest BCUT2D eigenvalue weighted by Gasteiger charge is -2.37. The summed E-state index contributed by atoms with van der Waals surface area (Å²) in [5.41, 5.74) is 7.03. The summed E-state index contributed by atoms with van der Waals surface area (Å²) in [7, 11) is 0. The van der Waals surface area contributed by atoms with Crippen molar-refractivity contribution in [3.8, 4) is 0 Å². The molecule has 0 unspecified atom stereocenters. The van der Waals surface area contributed by atoms with Crippen molar-refractivity contribution in [1.29, 1.82) is 0 Å². The summed E-state index contributed by atoms with van der Waals surface area (Å²) in [5, 5.41) is 12.6. The molecule has 0 saturated heterocycles. The van der Waals surface area contributed by atoms with Gasteiger partial charge in [0.15, 0.2) is 0 Å². The molecule has 4 nitrogen and oxygen atoms in total. The van der Waals surface area contributed by atoms with Crippen molar-refractivity contribution in [2.45, 2.75) is 190 Å². The molecule has 0 aliphatic heterocycles. The van der Waals surface area contributed by atoms with Crippen LogP contribution in [0.1, 0.15) is 173 Å². The predicted octanol–water partition coefficient (Wildman–Crippen LogP) is 10.3. The first-order valence-electron chi connectivity index (χ1n) is 15.4. The lowest BCUT2D eigenvalue weighted by atomic mass is 9.73. The highest BCUT2D eigenvalue weighted by Gasteiger charge is 2.33. The number of amides is 1. The maximum Gasteiger partial charge on any atom is 0.225 e. The Morgan fingerprint density at radius 3 is 0.825 bits per heavy atom. The number of carbonyl (C=O) groups is 1. The maximum absolute atomic E-state index is 11.4. The number of nitrogens with one attached hydrogen (secondary N) is 1. The molecule has 0 aromatic carbocycles. The molecule has 0 heterocycles. The van der Waals surface area contributed by atoms with Gasteiger partial charge in [0, 0.05) is 17.0 Å². The van der Waals surface area contributed by atoms with Crippen LogP contribution in [-0.4, -0.2) is 28.7 Å². The van der Waals surface area contributed by atoms with Gasteiger partial charge in [-0.05, 0) is 59.7 Å². The molecule has 0 bridgehead atoms. The quantitative estimate of drug-likeness (QED) is 0.270. The van der Waals surface area contributed by atoms with Crippen molar-refractivity contribution in [3.05, 3.63) is 0 Å². The lowest BCUT2D eigenvalue weighted by Crippen LogP contribution is -2.46. The van der Waals surface area contributed by atoms with Gasteiger partial charge < -0.3 is 16.2 Å². The van der Waals surface area contributed by atoms with E-state index in [1.165, 1.54) is 6.42 Å². The van der Waals surface area contributed by atoms with E-state index in [1.807, 2.05) is 41.5 Å². The van der Waals surface area contributed by atoms with Crippen LogP contribution in [0.3, 0.4) is 0 Å². The molecule has 0 radical (unpaired) electrons. The Labute approximate surface area is 254 Å². The standard InChI is InChI=1S/C9H19NO.C9H21N.C9H20O.C9H20/c1-8(2,3)7(11)10-9(4,5)6;2*1-8(2,3)7(10)9(4,5)6;1-8(2,3)7-9(4,5)6/h1-6H3,(H,10,11);7H,10H2,1-6H3;7,10H,1-6H3;7H2,1-6H3. The Bertz CT molecular complexity index is 611. The van der Waals surface area contributed by atoms with Crippen molar-refractivity contribution in [2.75, 3.05) is 0 Å². The van der Waals surface area contributed by atoms with E-state index < -0.39 is 0 Å². The fraction of sp³-hybridized carbons (Fsp3) is 0.972. The molecule has 0 aliphatic rings. The second-order valence-corrected chi connectivity index (χ2v) is 20.6. The van der Waals surface area contributed by atoms with E-state index in [9.17, 15) is 9.90 Å². The first-order chi connectivity index (χ1) is 16.6. The van der Waals surface area contributed by atoms with E-state index in [0.29, 0.717) is 10.8 Å². The first-order valence-corrected chi connectivity index (χ1v) is 15.4. The van der Waals surface area contributed by atoms with Crippen LogP contribution in [-0.2, 0) is 4.79 Å². The molecular formula is C36H80N2O2. The van der Waals surface area contributed by atoms with Gasteiger partial charge in [-0.15, -0.1) is 0 Å². The fourth-order valence-corrected chi connectivity index (χ4v) is 4.72. The molecule has 1 amide bonds. The third kappa shape index (κ3) is 30.4. The van der Waals surface area contributed by atoms with Crippen molar-refractivity contribution >= 4 is 5.91 Å². The number of aliphatic hydroxyl groups excluding tert-OH is 1. The van der Waals surface area contributed by atoms with Crippen molar-refractivity contribution in [1.82, 2.24) is 5.32 Å². The van der Waals surface area contributed by atoms with Crippen LogP contribution in [0.5, 0.6) is 0 Å². The second kappa shape index (κ2) is 15.7. The molecule has 4 N–H and O–H groups in total. The number of aliphatic hydroxyl groups is 1. The van der Waals surface area contributed by atoms with Gasteiger partial charge in [-0.2, -0.15) is 0 Å². The zero-order chi connectivity index (χ0) is 34.1. The summed E-state index contributed by atoms with van der Waals surface area (Å²) in [5.74, 6) is 0.102. The van der Waals surface area contributed by atoms with E-state index in [0.717, 1.165) is 0 Å². The number of hydrogen-bond donors (Lipinski definition) is 3. The number of carbonyl (C=O) groups excluding carboxylic acids is 1. The molecular weight excluding hydrogens is 492 g/mol. The van der Waals surface area contributed by atoms with Gasteiger partial charge in [0.1, 0.15) is 0 Å². The van der Waals surface area contributed by atoms with Crippen molar-refractivity contribution < 1.29 is 9.90 Å². The molecule has 0 atom stereocenters. The number of nitrogens with two attached hydrogens (primary N) is 1. The van der Waals surface area contributed by atoms with Gasteiger partial charge in [-0.1, -0.05) is 145 Å². The smallest absolute Gasteiger partial charge is 0.225 e. The number of hydrogen-bond acceptors (Lipinski definition) is 3. The average molecular weight is 573 g/mol. The zero-order valence-electron chi connectivity index (χ0n) is 32.3. The molecule has 0 aromatic rings. The lowest BCUT2D eigenvalue weighted by molar-refractivity contribution is -0.130. The Balaban J connectivity index is -0.000000217. The topological polar surface area (TPSA) is 75.3 Å². The Kier molecular flexibility index (Phi) is 18.2. The van der Waals surface area contributed by atoms with Gasteiger partial charge >= 0.3 is 0 Å². The van der Waals surface area contributed by atoms with Crippen LogP contribution in [0.2, 0.25) is 0 Å². The highest BCUT2D eigenvalue weighted by atomic mass is 16.3. The molecule has 246 valence electrons. The minimum atomic E-state index is -0.284. The van der Waals surface area contributed by atoms with E-state index >= 15 is 0 Å². The molecule has 0 spiro atoms. The predicted molar refractivity (Wildman–Crippen MR) is 183 cm³/mol. The molecule has 0 fully saturated rings. The van der Waals surface area contributed by atoms with Crippen LogP contribution < -0.4 is 11.1 Å². The highest BCUT2D eigenvalue weighted by Crippen LogP contribution is 2.33.